The van der Waals surface area contributed by atoms with Crippen molar-refractivity contribution in [3.63, 3.8) is 0 Å². The maximum atomic E-state index is 13.4. The minimum Gasteiger partial charge on any atom is -0.345 e. The predicted molar refractivity (Wildman–Crippen MR) is 172 cm³/mol. The lowest BCUT2D eigenvalue weighted by molar-refractivity contribution is -0.132. The molecule has 0 spiro atoms. The van der Waals surface area contributed by atoms with Crippen LogP contribution in [0.15, 0.2) is 36.4 Å². The number of benzene rings is 2. The third kappa shape index (κ3) is 5.33. The maximum absolute atomic E-state index is 13.4. The zero-order valence-corrected chi connectivity index (χ0v) is 27.5. The van der Waals surface area contributed by atoms with Gasteiger partial charge < -0.3 is 9.80 Å². The average molecular weight is 623 g/mol. The van der Waals surface area contributed by atoms with Gasteiger partial charge in [-0.25, -0.2) is 11.3 Å². The molecule has 11 heteroatoms. The molecule has 3 amide bonds. The van der Waals surface area contributed by atoms with Gasteiger partial charge in [0.05, 0.1) is 5.41 Å². The number of likely N-dealkylation sites (tertiary alicyclic amines) is 1. The van der Waals surface area contributed by atoms with E-state index in [1.165, 1.54) is 0 Å². The van der Waals surface area contributed by atoms with Crippen LogP contribution in [0.5, 0.6) is 0 Å². The summed E-state index contributed by atoms with van der Waals surface area (Å²) < 4.78 is 1.71. The van der Waals surface area contributed by atoms with Gasteiger partial charge in [0.25, 0.3) is 11.8 Å². The fourth-order valence-corrected chi connectivity index (χ4v) is 7.79. The first-order valence-corrected chi connectivity index (χ1v) is 16.1. The lowest BCUT2D eigenvalue weighted by Gasteiger charge is -2.37. The van der Waals surface area contributed by atoms with Crippen LogP contribution in [0.4, 0.5) is 0 Å². The average Bonchev–Trinajstić information content (AvgIpc) is 3.53. The van der Waals surface area contributed by atoms with Crippen molar-refractivity contribution in [3.8, 4) is 0 Å². The van der Waals surface area contributed by atoms with Crippen LogP contribution in [0.25, 0.3) is 4.85 Å². The van der Waals surface area contributed by atoms with Crippen molar-refractivity contribution >= 4 is 17.7 Å². The largest absolute Gasteiger partial charge is 0.345 e. The highest BCUT2D eigenvalue weighted by molar-refractivity contribution is 5.95. The summed E-state index contributed by atoms with van der Waals surface area (Å²) in [6, 6.07) is 12.1. The molecule has 46 heavy (non-hydrogen) atoms. The lowest BCUT2D eigenvalue weighted by atomic mass is 9.66. The summed E-state index contributed by atoms with van der Waals surface area (Å²) in [4.78, 5) is 48.3. The molecule has 1 aromatic heterocycles. The Balaban J connectivity index is 1.44. The maximum Gasteiger partial charge on any atom is 0.301 e. The van der Waals surface area contributed by atoms with Crippen LogP contribution in [0.2, 0.25) is 0 Å². The van der Waals surface area contributed by atoms with Gasteiger partial charge in [0.2, 0.25) is 5.91 Å². The Morgan fingerprint density at radius 1 is 0.978 bits per heavy atom. The van der Waals surface area contributed by atoms with E-state index in [1.807, 2.05) is 48.3 Å². The zero-order valence-electron chi connectivity index (χ0n) is 27.5. The molecular formula is C35H42N8O3. The van der Waals surface area contributed by atoms with Gasteiger partial charge in [0.1, 0.15) is 0 Å². The van der Waals surface area contributed by atoms with Gasteiger partial charge >= 0.3 is 6.17 Å². The molecule has 3 aromatic rings. The highest BCUT2D eigenvalue weighted by Crippen LogP contribution is 2.50. The van der Waals surface area contributed by atoms with Gasteiger partial charge in [0.15, 0.2) is 5.82 Å². The van der Waals surface area contributed by atoms with Crippen molar-refractivity contribution in [1.29, 1.82) is 0 Å². The Labute approximate surface area is 270 Å². The number of rotatable bonds is 8. The van der Waals surface area contributed by atoms with E-state index in [1.54, 1.807) is 42.7 Å². The highest BCUT2D eigenvalue weighted by atomic mass is 16.2. The van der Waals surface area contributed by atoms with Gasteiger partial charge in [0, 0.05) is 65.2 Å². The first kappa shape index (κ1) is 31.4. The number of nitrogens with zero attached hydrogens (tertiary/aromatic N) is 8. The minimum atomic E-state index is -0.810. The second kappa shape index (κ2) is 12.0. The molecule has 1 aliphatic heterocycles. The van der Waals surface area contributed by atoms with Crippen LogP contribution >= 0.6 is 0 Å². The van der Waals surface area contributed by atoms with Crippen molar-refractivity contribution in [1.82, 2.24) is 34.9 Å². The Morgan fingerprint density at radius 2 is 1.57 bits per heavy atom. The van der Waals surface area contributed by atoms with Gasteiger partial charge in [-0.15, -0.1) is 5.10 Å². The normalized spacial score (nSPS) is 21.2. The minimum absolute atomic E-state index is 0.0626. The predicted octanol–water partition coefficient (Wildman–Crippen LogP) is 3.72. The topological polar surface area (TPSA) is 109 Å². The molecule has 0 unspecified atom stereocenters. The Bertz CT molecular complexity index is 1670. The first-order valence-electron chi connectivity index (χ1n) is 16.1. The standard InChI is InChI=1S/C35H42N8O3/c1-21(8-15-31(44)43-29-18-26(29)19-30(43)36-2)20-35(34-37-38-39-42(34)7)27-13-11-24(32(45)40(3)4)16-22(27)9-10-23-17-25(12-14-28(23)35)33(46)41(5)6/h11-14,16-17,21,26,29-30H,8-10,15,18-20H2,1,3-7H3/t21-,26-,29-,30-/m0/s1. The van der Waals surface area contributed by atoms with Gasteiger partial charge in [-0.05, 0) is 101 Å². The van der Waals surface area contributed by atoms with E-state index in [9.17, 15) is 14.4 Å². The van der Waals surface area contributed by atoms with Crippen molar-refractivity contribution in [2.75, 3.05) is 28.2 Å². The quantitative estimate of drug-likeness (QED) is 0.355. The third-order valence-corrected chi connectivity index (χ3v) is 10.1. The van der Waals surface area contributed by atoms with E-state index in [0.717, 1.165) is 35.1 Å². The Morgan fingerprint density at radius 3 is 2.07 bits per heavy atom. The molecule has 0 N–H and O–H groups in total. The number of hydrogen-bond donors (Lipinski definition) is 0. The number of aryl methyl sites for hydroxylation is 3. The molecule has 2 heterocycles. The summed E-state index contributed by atoms with van der Waals surface area (Å²) >= 11 is 0. The van der Waals surface area contributed by atoms with Crippen LogP contribution in [-0.4, -0.2) is 93.0 Å². The van der Waals surface area contributed by atoms with E-state index in [0.29, 0.717) is 55.0 Å². The number of hydrogen-bond acceptors (Lipinski definition) is 6. The van der Waals surface area contributed by atoms with Crippen molar-refractivity contribution < 1.29 is 14.4 Å². The number of piperidine rings is 1. The monoisotopic (exact) mass is 622 g/mol. The molecule has 3 aliphatic rings. The molecule has 1 saturated carbocycles. The first-order chi connectivity index (χ1) is 22.0. The summed E-state index contributed by atoms with van der Waals surface area (Å²) in [5, 5.41) is 12.9. The smallest absolute Gasteiger partial charge is 0.301 e. The molecule has 240 valence electrons. The van der Waals surface area contributed by atoms with Crippen LogP contribution in [0, 0.1) is 18.4 Å². The number of aromatic nitrogens is 4. The van der Waals surface area contributed by atoms with Crippen LogP contribution < -0.4 is 0 Å². The Hall–Kier alpha value is -4.59. The lowest BCUT2D eigenvalue weighted by Crippen LogP contribution is -2.38. The summed E-state index contributed by atoms with van der Waals surface area (Å²) in [5.41, 5.74) is 4.53. The molecule has 0 radical (unpaired) electrons. The van der Waals surface area contributed by atoms with Crippen molar-refractivity contribution in [2.24, 2.45) is 18.9 Å². The Kier molecular flexibility index (Phi) is 8.17. The molecule has 11 nitrogen and oxygen atoms in total. The van der Waals surface area contributed by atoms with Gasteiger partial charge in [-0.1, -0.05) is 19.1 Å². The molecule has 2 fully saturated rings. The summed E-state index contributed by atoms with van der Waals surface area (Å²) in [6.45, 7) is 9.76. The molecular weight excluding hydrogens is 580 g/mol. The molecule has 0 bridgehead atoms. The van der Waals surface area contributed by atoms with E-state index in [-0.39, 0.29) is 35.8 Å². The number of amides is 3. The van der Waals surface area contributed by atoms with Gasteiger partial charge in [-0.2, -0.15) is 0 Å². The van der Waals surface area contributed by atoms with Crippen LogP contribution in [0.1, 0.15) is 87.8 Å². The molecule has 2 aromatic carbocycles. The van der Waals surface area contributed by atoms with E-state index in [2.05, 4.69) is 27.3 Å². The van der Waals surface area contributed by atoms with E-state index in [4.69, 9.17) is 6.57 Å². The fraction of sp³-hybridized carbons (Fsp3) is 0.514. The molecule has 4 atom stereocenters. The highest BCUT2D eigenvalue weighted by Gasteiger charge is 2.57. The summed E-state index contributed by atoms with van der Waals surface area (Å²) in [6.07, 6.45) is 4.44. The van der Waals surface area contributed by atoms with Crippen LogP contribution in [0.3, 0.4) is 0 Å². The van der Waals surface area contributed by atoms with Gasteiger partial charge in [-0.3, -0.25) is 24.1 Å². The fourth-order valence-electron chi connectivity index (χ4n) is 7.79. The van der Waals surface area contributed by atoms with Crippen molar-refractivity contribution in [2.45, 2.75) is 69.5 Å². The molecule has 6 rings (SSSR count). The second-order valence-corrected chi connectivity index (χ2v) is 13.7. The van der Waals surface area contributed by atoms with E-state index < -0.39 is 5.41 Å². The summed E-state index contributed by atoms with van der Waals surface area (Å²) in [7, 11) is 8.83. The third-order valence-electron chi connectivity index (χ3n) is 10.1. The van der Waals surface area contributed by atoms with E-state index >= 15 is 0 Å². The summed E-state index contributed by atoms with van der Waals surface area (Å²) in [5.74, 6) is 1.14. The molecule has 1 saturated heterocycles. The second-order valence-electron chi connectivity index (χ2n) is 13.7. The number of carbonyl (C=O) groups excluding carboxylic acids is 3. The molecule has 2 aliphatic carbocycles. The zero-order chi connectivity index (χ0) is 32.9. The number of carbonyl (C=O) groups is 3. The van der Waals surface area contributed by atoms with Crippen molar-refractivity contribution in [3.05, 3.63) is 87.0 Å². The SMILES string of the molecule is [C-]#[N+][C@@H]1C[C@@H]2C[C@@H]2N1C(=O)CC[C@H](C)CC1(c2nnnn2C)c2ccc(C(=O)N(C)C)cc2CCc2cc(C(=O)N(C)C)ccc21. The number of fused-ring (bicyclic) bond motifs is 3. The van der Waals surface area contributed by atoms with Crippen LogP contribution in [-0.2, 0) is 30.1 Å². The number of tetrazole rings is 1.